The maximum absolute atomic E-state index is 5.28. The average Bonchev–Trinajstić information content (AvgIpc) is 3.04. The lowest BCUT2D eigenvalue weighted by molar-refractivity contribution is 1.11. The molecule has 0 aliphatic carbocycles. The van der Waals surface area contributed by atoms with Gasteiger partial charge in [0.05, 0.1) is 16.3 Å². The summed E-state index contributed by atoms with van der Waals surface area (Å²) >= 11 is 1.57. The van der Waals surface area contributed by atoms with E-state index in [-0.39, 0.29) is 0 Å². The first kappa shape index (κ1) is 16.7. The zero-order chi connectivity index (χ0) is 17.6. The van der Waals surface area contributed by atoms with Crippen LogP contribution in [0, 0.1) is 6.92 Å². The van der Waals surface area contributed by atoms with E-state index in [2.05, 4.69) is 31.5 Å². The summed E-state index contributed by atoms with van der Waals surface area (Å²) in [4.78, 5) is 22.7. The minimum atomic E-state index is 0.467. The van der Waals surface area contributed by atoms with Crippen LogP contribution in [-0.4, -0.2) is 26.2 Å². The lowest BCUT2D eigenvalue weighted by atomic mass is 10.3. The summed E-state index contributed by atoms with van der Waals surface area (Å²) in [5, 5.41) is 0.908. The number of allylic oxidation sites excluding steroid dienone is 1. The van der Waals surface area contributed by atoms with Crippen LogP contribution in [0.25, 0.3) is 26.8 Å². The smallest absolute Gasteiger partial charge is 0.178 e. The molecule has 0 amide bonds. The van der Waals surface area contributed by atoms with Gasteiger partial charge in [0.25, 0.3) is 0 Å². The van der Waals surface area contributed by atoms with E-state index in [9.17, 15) is 0 Å². The van der Waals surface area contributed by atoms with Gasteiger partial charge in [0.15, 0.2) is 5.82 Å². The monoisotopic (exact) mass is 348 g/mol. The molecule has 0 saturated heterocycles. The van der Waals surface area contributed by atoms with Crippen molar-refractivity contribution in [1.82, 2.24) is 19.9 Å². The molecule has 0 fully saturated rings. The minimum absolute atomic E-state index is 0.467. The van der Waals surface area contributed by atoms with Crippen molar-refractivity contribution < 1.29 is 0 Å². The van der Waals surface area contributed by atoms with E-state index < -0.39 is 0 Å². The van der Waals surface area contributed by atoms with E-state index >= 15 is 0 Å². The number of aromatic nitrogens is 4. The van der Waals surface area contributed by atoms with Crippen molar-refractivity contribution in [2.24, 2.45) is 10.7 Å². The Hall–Kier alpha value is -3.19. The van der Waals surface area contributed by atoms with Crippen molar-refractivity contribution in [2.75, 3.05) is 0 Å². The lowest BCUT2D eigenvalue weighted by Crippen LogP contribution is -1.94. The summed E-state index contributed by atoms with van der Waals surface area (Å²) in [6, 6.07) is 5.74. The molecule has 7 heteroatoms. The number of aliphatic imine (C=N–C) groups is 1. The Labute approximate surface area is 149 Å². The fraction of sp³-hybridized carbons (Fsp3) is 0.0556. The third-order valence-electron chi connectivity index (χ3n) is 3.28. The summed E-state index contributed by atoms with van der Waals surface area (Å²) in [5.74, 6) is 0.467. The Morgan fingerprint density at radius 1 is 1.28 bits per heavy atom. The van der Waals surface area contributed by atoms with Gasteiger partial charge in [-0.25, -0.2) is 15.0 Å². The highest BCUT2D eigenvalue weighted by Gasteiger charge is 2.13. The fourth-order valence-corrected chi connectivity index (χ4v) is 3.14. The van der Waals surface area contributed by atoms with Crippen LogP contribution in [0.3, 0.4) is 0 Å². The first-order chi connectivity index (χ1) is 12.2. The molecule has 0 aliphatic heterocycles. The molecule has 0 saturated carbocycles. The van der Waals surface area contributed by atoms with Gasteiger partial charge < -0.3 is 5.73 Å². The van der Waals surface area contributed by atoms with Crippen LogP contribution in [0.4, 0.5) is 0 Å². The van der Waals surface area contributed by atoms with Gasteiger partial charge in [-0.05, 0) is 37.4 Å². The molecule has 0 radical (unpaired) electrons. The highest BCUT2D eigenvalue weighted by molar-refractivity contribution is 7.18. The molecule has 0 unspecified atom stereocenters. The Kier molecular flexibility index (Phi) is 5.06. The highest BCUT2D eigenvalue weighted by Crippen LogP contribution is 2.34. The first-order valence-corrected chi connectivity index (χ1v) is 8.32. The third-order valence-corrected chi connectivity index (χ3v) is 4.51. The molecule has 0 aromatic carbocycles. The van der Waals surface area contributed by atoms with E-state index in [1.807, 2.05) is 25.1 Å². The van der Waals surface area contributed by atoms with Gasteiger partial charge >= 0.3 is 0 Å². The zero-order valence-corrected chi connectivity index (χ0v) is 14.4. The van der Waals surface area contributed by atoms with Gasteiger partial charge in [0.1, 0.15) is 10.7 Å². The summed E-state index contributed by atoms with van der Waals surface area (Å²) in [7, 11) is 0. The molecule has 0 bridgehead atoms. The highest BCUT2D eigenvalue weighted by atomic mass is 32.1. The SMILES string of the molecule is C=C(N=C/C=C\N)c1nccc(-c2sc(-c3cccnc3)nc2C)n1. The second kappa shape index (κ2) is 7.59. The van der Waals surface area contributed by atoms with Crippen LogP contribution in [0.5, 0.6) is 0 Å². The van der Waals surface area contributed by atoms with Gasteiger partial charge in [0, 0.05) is 30.4 Å². The van der Waals surface area contributed by atoms with Crippen molar-refractivity contribution in [3.8, 4) is 21.1 Å². The standard InChI is InChI=1S/C18H16N6S/c1-12-16(25-18(23-12)14-5-3-8-20-11-14)15-6-10-22-17(24-15)13(2)21-9-4-7-19/h3-11H,2,19H2,1H3/b7-4-,21-9?. The van der Waals surface area contributed by atoms with Crippen LogP contribution in [0.15, 0.2) is 60.6 Å². The predicted octanol–water partition coefficient (Wildman–Crippen LogP) is 3.48. The maximum Gasteiger partial charge on any atom is 0.178 e. The molecule has 0 spiro atoms. The normalized spacial score (nSPS) is 11.4. The second-order valence-electron chi connectivity index (χ2n) is 5.05. The van der Waals surface area contributed by atoms with E-state index in [4.69, 9.17) is 5.73 Å². The Morgan fingerprint density at radius 2 is 2.16 bits per heavy atom. The van der Waals surface area contributed by atoms with Gasteiger partial charge in [-0.1, -0.05) is 6.58 Å². The van der Waals surface area contributed by atoms with E-state index in [0.717, 1.165) is 26.8 Å². The maximum atomic E-state index is 5.28. The van der Waals surface area contributed by atoms with Crippen molar-refractivity contribution in [3.63, 3.8) is 0 Å². The molecule has 2 N–H and O–H groups in total. The lowest BCUT2D eigenvalue weighted by Gasteiger charge is -2.02. The second-order valence-corrected chi connectivity index (χ2v) is 6.05. The predicted molar refractivity (Wildman–Crippen MR) is 102 cm³/mol. The molecular formula is C18H16N6S. The van der Waals surface area contributed by atoms with E-state index in [0.29, 0.717) is 11.5 Å². The molecule has 3 aromatic heterocycles. The van der Waals surface area contributed by atoms with Gasteiger partial charge in [-0.2, -0.15) is 0 Å². The Bertz CT molecular complexity index is 943. The number of hydrogen-bond donors (Lipinski definition) is 1. The van der Waals surface area contributed by atoms with Crippen molar-refractivity contribution in [1.29, 1.82) is 0 Å². The van der Waals surface area contributed by atoms with Gasteiger partial charge in [0.2, 0.25) is 0 Å². The number of aryl methyl sites for hydroxylation is 1. The van der Waals surface area contributed by atoms with Crippen LogP contribution < -0.4 is 5.73 Å². The average molecular weight is 348 g/mol. The number of nitrogens with two attached hydrogens (primary N) is 1. The molecule has 25 heavy (non-hydrogen) atoms. The van der Waals surface area contributed by atoms with Crippen LogP contribution in [-0.2, 0) is 0 Å². The van der Waals surface area contributed by atoms with E-state index in [1.165, 1.54) is 6.20 Å². The number of hydrogen-bond acceptors (Lipinski definition) is 7. The number of pyridine rings is 1. The largest absolute Gasteiger partial charge is 0.405 e. The van der Waals surface area contributed by atoms with Crippen LogP contribution >= 0.6 is 11.3 Å². The van der Waals surface area contributed by atoms with E-state index in [1.54, 1.807) is 42.2 Å². The first-order valence-electron chi connectivity index (χ1n) is 7.50. The fourth-order valence-electron chi connectivity index (χ4n) is 2.11. The third kappa shape index (κ3) is 3.84. The molecule has 3 aromatic rings. The number of nitrogens with zero attached hydrogens (tertiary/aromatic N) is 5. The summed E-state index contributed by atoms with van der Waals surface area (Å²) in [5.41, 5.74) is 8.43. The molecule has 0 atom stereocenters. The molecule has 3 heterocycles. The number of rotatable bonds is 5. The quantitative estimate of drug-likeness (QED) is 0.713. The van der Waals surface area contributed by atoms with Crippen molar-refractivity contribution >= 4 is 23.2 Å². The Morgan fingerprint density at radius 3 is 2.92 bits per heavy atom. The molecular weight excluding hydrogens is 332 g/mol. The topological polar surface area (TPSA) is 89.9 Å². The van der Waals surface area contributed by atoms with Gasteiger partial charge in [-0.3, -0.25) is 9.98 Å². The zero-order valence-electron chi connectivity index (χ0n) is 13.6. The summed E-state index contributed by atoms with van der Waals surface area (Å²) in [6.07, 6.45) is 9.80. The van der Waals surface area contributed by atoms with Gasteiger partial charge in [-0.15, -0.1) is 11.3 Å². The van der Waals surface area contributed by atoms with Crippen molar-refractivity contribution in [3.05, 3.63) is 67.2 Å². The number of thiazole rings is 1. The van der Waals surface area contributed by atoms with Crippen LogP contribution in [0.2, 0.25) is 0 Å². The summed E-state index contributed by atoms with van der Waals surface area (Å²) in [6.45, 7) is 5.85. The molecule has 124 valence electrons. The van der Waals surface area contributed by atoms with Crippen molar-refractivity contribution in [2.45, 2.75) is 6.92 Å². The summed E-state index contributed by atoms with van der Waals surface area (Å²) < 4.78 is 0. The minimum Gasteiger partial charge on any atom is -0.405 e. The molecule has 6 nitrogen and oxygen atoms in total. The molecule has 0 aliphatic rings. The molecule has 3 rings (SSSR count). The Balaban J connectivity index is 1.94. The van der Waals surface area contributed by atoms with Crippen LogP contribution in [0.1, 0.15) is 11.5 Å².